The van der Waals surface area contributed by atoms with E-state index < -0.39 is 16.1 Å². The van der Waals surface area contributed by atoms with Crippen molar-refractivity contribution in [2.75, 3.05) is 24.2 Å². The zero-order valence-electron chi connectivity index (χ0n) is 21.7. The first kappa shape index (κ1) is 28.8. The molecule has 3 rings (SSSR count). The van der Waals surface area contributed by atoms with Crippen LogP contribution in [0, 0.1) is 0 Å². The molecule has 0 spiro atoms. The van der Waals surface area contributed by atoms with Gasteiger partial charge in [-0.25, -0.2) is 8.42 Å². The largest absolute Gasteiger partial charge is 0.495 e. The number of ether oxygens (including phenoxy) is 1. The summed E-state index contributed by atoms with van der Waals surface area (Å²) in [5, 5.41) is 3.63. The molecule has 0 saturated heterocycles. The number of rotatable bonds is 12. The molecule has 2 aromatic rings. The van der Waals surface area contributed by atoms with Gasteiger partial charge >= 0.3 is 0 Å². The molecule has 202 valence electrons. The van der Waals surface area contributed by atoms with E-state index in [9.17, 15) is 18.0 Å². The zero-order valence-corrected chi connectivity index (χ0v) is 23.2. The third-order valence-corrected chi connectivity index (χ3v) is 8.03. The average molecular weight is 550 g/mol. The Morgan fingerprint density at radius 3 is 2.49 bits per heavy atom. The lowest BCUT2D eigenvalue weighted by molar-refractivity contribution is -0.141. The molecule has 0 bridgehead atoms. The molecule has 1 saturated carbocycles. The van der Waals surface area contributed by atoms with E-state index in [1.165, 1.54) is 11.4 Å². The van der Waals surface area contributed by atoms with Crippen LogP contribution in [0.3, 0.4) is 0 Å². The number of sulfonamides is 1. The number of carbonyl (C=O) groups excluding carboxylic acids is 2. The molecular weight excluding hydrogens is 514 g/mol. The van der Waals surface area contributed by atoms with E-state index in [-0.39, 0.29) is 43.8 Å². The van der Waals surface area contributed by atoms with Crippen LogP contribution in [0.15, 0.2) is 48.5 Å². The van der Waals surface area contributed by atoms with Gasteiger partial charge in [-0.2, -0.15) is 0 Å². The van der Waals surface area contributed by atoms with Crippen molar-refractivity contribution in [1.29, 1.82) is 0 Å². The second-order valence-electron chi connectivity index (χ2n) is 9.43. The third-order valence-electron chi connectivity index (χ3n) is 6.62. The number of amides is 2. The van der Waals surface area contributed by atoms with Crippen molar-refractivity contribution < 1.29 is 22.7 Å². The molecule has 37 heavy (non-hydrogen) atoms. The highest BCUT2D eigenvalue weighted by Crippen LogP contribution is 2.30. The number of nitrogens with zero attached hydrogens (tertiary/aromatic N) is 2. The van der Waals surface area contributed by atoms with E-state index in [2.05, 4.69) is 5.32 Å². The van der Waals surface area contributed by atoms with Crippen molar-refractivity contribution in [3.8, 4) is 5.75 Å². The van der Waals surface area contributed by atoms with Crippen molar-refractivity contribution in [2.24, 2.45) is 0 Å². The summed E-state index contributed by atoms with van der Waals surface area (Å²) in [5.41, 5.74) is 1.23. The molecule has 0 aliphatic heterocycles. The van der Waals surface area contributed by atoms with Gasteiger partial charge in [-0.3, -0.25) is 13.9 Å². The smallest absolute Gasteiger partial charge is 0.242 e. The predicted molar refractivity (Wildman–Crippen MR) is 146 cm³/mol. The van der Waals surface area contributed by atoms with Crippen molar-refractivity contribution in [2.45, 2.75) is 64.1 Å². The average Bonchev–Trinajstić information content (AvgIpc) is 3.37. The van der Waals surface area contributed by atoms with Crippen LogP contribution in [0.25, 0.3) is 0 Å². The first-order valence-electron chi connectivity index (χ1n) is 12.5. The summed E-state index contributed by atoms with van der Waals surface area (Å²) < 4.78 is 31.7. The highest BCUT2D eigenvalue weighted by molar-refractivity contribution is 7.92. The molecule has 1 aliphatic carbocycles. The lowest BCUT2D eigenvalue weighted by atomic mass is 10.1. The van der Waals surface area contributed by atoms with Gasteiger partial charge in [0.15, 0.2) is 0 Å². The normalized spacial score (nSPS) is 14.7. The van der Waals surface area contributed by atoms with Gasteiger partial charge in [-0.05, 0) is 56.0 Å². The summed E-state index contributed by atoms with van der Waals surface area (Å²) in [5.74, 6) is 0.00984. The molecule has 0 radical (unpaired) electrons. The SMILES string of the molecule is COc1ccccc1N(CCCC(=O)N(Cc1cccc(Cl)c1)[C@@H](C)C(=O)NC1CCCC1)S(C)(=O)=O. The molecule has 8 nitrogen and oxygen atoms in total. The first-order valence-corrected chi connectivity index (χ1v) is 14.8. The minimum absolute atomic E-state index is 0.0722. The fraction of sp³-hybridized carbons (Fsp3) is 0.481. The molecular formula is C27H36ClN3O5S. The number of anilines is 1. The number of para-hydroxylation sites is 2. The minimum Gasteiger partial charge on any atom is -0.495 e. The Labute approximate surface area is 225 Å². The third kappa shape index (κ3) is 8.10. The van der Waals surface area contributed by atoms with Crippen LogP contribution in [0.4, 0.5) is 5.69 Å². The van der Waals surface area contributed by atoms with Crippen LogP contribution in [0.1, 0.15) is 51.0 Å². The van der Waals surface area contributed by atoms with Gasteiger partial charge < -0.3 is 15.0 Å². The van der Waals surface area contributed by atoms with Gasteiger partial charge in [-0.15, -0.1) is 0 Å². The van der Waals surface area contributed by atoms with E-state index in [1.54, 1.807) is 54.3 Å². The Kier molecular flexibility index (Phi) is 10.2. The molecule has 2 amide bonds. The van der Waals surface area contributed by atoms with Gasteiger partial charge in [0.2, 0.25) is 21.8 Å². The Morgan fingerprint density at radius 2 is 1.84 bits per heavy atom. The lowest BCUT2D eigenvalue weighted by Gasteiger charge is -2.30. The number of nitrogens with one attached hydrogen (secondary N) is 1. The van der Waals surface area contributed by atoms with Crippen LogP contribution in [0.2, 0.25) is 5.02 Å². The molecule has 0 aromatic heterocycles. The molecule has 0 heterocycles. The highest BCUT2D eigenvalue weighted by Gasteiger charge is 2.29. The van der Waals surface area contributed by atoms with E-state index in [1.807, 2.05) is 6.07 Å². The molecule has 1 N–H and O–H groups in total. The fourth-order valence-electron chi connectivity index (χ4n) is 4.62. The molecule has 1 fully saturated rings. The number of methoxy groups -OCH3 is 1. The van der Waals surface area contributed by atoms with Crippen LogP contribution in [-0.2, 0) is 26.2 Å². The number of hydrogen-bond donors (Lipinski definition) is 1. The Morgan fingerprint density at radius 1 is 1.14 bits per heavy atom. The Hall–Kier alpha value is -2.78. The number of benzene rings is 2. The number of halogens is 1. The van der Waals surface area contributed by atoms with Crippen molar-refractivity contribution >= 4 is 39.1 Å². The summed E-state index contributed by atoms with van der Waals surface area (Å²) in [4.78, 5) is 28.0. The first-order chi connectivity index (χ1) is 17.6. The molecule has 10 heteroatoms. The standard InChI is InChI=1S/C27H36ClN3O5S/c1-20(27(33)29-23-12-4-5-13-23)30(19-21-10-8-11-22(28)18-21)26(32)16-9-17-31(37(3,34)35)24-14-6-7-15-25(24)36-2/h6-8,10-11,14-15,18,20,23H,4-5,9,12-13,16-17,19H2,1-3H3,(H,29,33)/t20-/m0/s1. The molecule has 1 aliphatic rings. The van der Waals surface area contributed by atoms with E-state index in [4.69, 9.17) is 16.3 Å². The monoisotopic (exact) mass is 549 g/mol. The summed E-state index contributed by atoms with van der Waals surface area (Å²) in [6, 6.07) is 13.5. The predicted octanol–water partition coefficient (Wildman–Crippen LogP) is 4.37. The van der Waals surface area contributed by atoms with E-state index in [0.717, 1.165) is 37.5 Å². The van der Waals surface area contributed by atoms with E-state index in [0.29, 0.717) is 16.5 Å². The summed E-state index contributed by atoms with van der Waals surface area (Å²) in [6.07, 6.45) is 5.55. The second-order valence-corrected chi connectivity index (χ2v) is 11.8. The van der Waals surface area contributed by atoms with Gasteiger partial charge in [0.25, 0.3) is 0 Å². The molecule has 0 unspecified atom stereocenters. The van der Waals surface area contributed by atoms with Crippen molar-refractivity contribution in [3.63, 3.8) is 0 Å². The maximum Gasteiger partial charge on any atom is 0.242 e. The van der Waals surface area contributed by atoms with Crippen LogP contribution in [0.5, 0.6) is 5.75 Å². The van der Waals surface area contributed by atoms with Gasteiger partial charge in [0, 0.05) is 30.6 Å². The van der Waals surface area contributed by atoms with Crippen LogP contribution < -0.4 is 14.4 Å². The minimum atomic E-state index is -3.62. The van der Waals surface area contributed by atoms with Crippen LogP contribution >= 0.6 is 11.6 Å². The van der Waals surface area contributed by atoms with Gasteiger partial charge in [0.05, 0.1) is 19.1 Å². The maximum absolute atomic E-state index is 13.4. The maximum atomic E-state index is 13.4. The van der Waals surface area contributed by atoms with Gasteiger partial charge in [0.1, 0.15) is 11.8 Å². The summed E-state index contributed by atoms with van der Waals surface area (Å²) in [6.45, 7) is 2.05. The molecule has 1 atom stereocenters. The lowest BCUT2D eigenvalue weighted by Crippen LogP contribution is -2.49. The van der Waals surface area contributed by atoms with Gasteiger partial charge in [-0.1, -0.05) is 48.7 Å². The van der Waals surface area contributed by atoms with E-state index >= 15 is 0 Å². The van der Waals surface area contributed by atoms with Crippen LogP contribution in [-0.4, -0.2) is 57.1 Å². The Balaban J connectivity index is 1.74. The van der Waals surface area contributed by atoms with Crippen molar-refractivity contribution in [3.05, 3.63) is 59.1 Å². The number of hydrogen-bond acceptors (Lipinski definition) is 5. The van der Waals surface area contributed by atoms with Crippen molar-refractivity contribution in [1.82, 2.24) is 10.2 Å². The Bertz CT molecular complexity index is 1180. The fourth-order valence-corrected chi connectivity index (χ4v) is 5.81. The number of carbonyl (C=O) groups is 2. The quantitative estimate of drug-likeness (QED) is 0.424. The zero-order chi connectivity index (χ0) is 27.0. The summed E-state index contributed by atoms with van der Waals surface area (Å²) in [7, 11) is -2.13. The molecule has 2 aromatic carbocycles. The second kappa shape index (κ2) is 13.1. The topological polar surface area (TPSA) is 96.0 Å². The highest BCUT2D eigenvalue weighted by atomic mass is 35.5. The summed E-state index contributed by atoms with van der Waals surface area (Å²) >= 11 is 6.15.